The molecule has 0 aromatic rings. The lowest BCUT2D eigenvalue weighted by Crippen LogP contribution is -2.44. The summed E-state index contributed by atoms with van der Waals surface area (Å²) in [6.07, 6.45) is 0.779. The van der Waals surface area contributed by atoms with Gasteiger partial charge in [-0.2, -0.15) is 8.42 Å². The van der Waals surface area contributed by atoms with Crippen molar-refractivity contribution < 1.29 is 8.42 Å². The molecule has 92 valence electrons. The quantitative estimate of drug-likeness (QED) is 0.617. The first-order chi connectivity index (χ1) is 6.66. The van der Waals surface area contributed by atoms with Gasteiger partial charge in [-0.3, -0.25) is 0 Å². The molecule has 0 bridgehead atoms. The second-order valence-corrected chi connectivity index (χ2v) is 6.46. The Balaban J connectivity index is 3.96. The van der Waals surface area contributed by atoms with Crippen LogP contribution in [0.25, 0.3) is 0 Å². The molecule has 4 N–H and O–H groups in total. The molecule has 0 saturated carbocycles. The highest BCUT2D eigenvalue weighted by Gasteiger charge is 2.17. The van der Waals surface area contributed by atoms with Crippen molar-refractivity contribution in [1.29, 1.82) is 0 Å². The first kappa shape index (κ1) is 14.8. The number of nitrogens with one attached hydrogen (secondary N) is 2. The molecule has 0 spiro atoms. The predicted molar refractivity (Wildman–Crippen MR) is 62.6 cm³/mol. The van der Waals surface area contributed by atoms with Crippen molar-refractivity contribution in [2.75, 3.05) is 13.1 Å². The molecular weight excluding hydrogens is 214 g/mol. The number of nitrogens with two attached hydrogens (primary N) is 1. The first-order valence-corrected chi connectivity index (χ1v) is 6.64. The molecule has 0 radical (unpaired) electrons. The van der Waals surface area contributed by atoms with Crippen LogP contribution in [0, 0.1) is 5.41 Å². The summed E-state index contributed by atoms with van der Waals surface area (Å²) in [5, 5.41) is 0. The van der Waals surface area contributed by atoms with Crippen LogP contribution in [-0.2, 0) is 10.2 Å². The van der Waals surface area contributed by atoms with Gasteiger partial charge in [0.25, 0.3) is 10.2 Å². The van der Waals surface area contributed by atoms with Crippen LogP contribution in [-0.4, -0.2) is 27.5 Å². The number of rotatable bonds is 6. The zero-order valence-electron chi connectivity index (χ0n) is 10.0. The van der Waals surface area contributed by atoms with Gasteiger partial charge in [0, 0.05) is 19.1 Å². The van der Waals surface area contributed by atoms with Gasteiger partial charge in [-0.1, -0.05) is 27.7 Å². The van der Waals surface area contributed by atoms with E-state index in [0.717, 1.165) is 6.42 Å². The van der Waals surface area contributed by atoms with Gasteiger partial charge in [0.2, 0.25) is 0 Å². The molecule has 0 heterocycles. The fourth-order valence-electron chi connectivity index (χ4n) is 1.32. The lowest BCUT2D eigenvalue weighted by atomic mass is 9.88. The summed E-state index contributed by atoms with van der Waals surface area (Å²) in [6, 6.07) is -0.154. The van der Waals surface area contributed by atoms with Crippen molar-refractivity contribution in [3.63, 3.8) is 0 Å². The molecule has 0 aliphatic carbocycles. The summed E-state index contributed by atoms with van der Waals surface area (Å²) in [7, 11) is -3.36. The molecule has 15 heavy (non-hydrogen) atoms. The van der Waals surface area contributed by atoms with Gasteiger partial charge in [0.1, 0.15) is 0 Å². The van der Waals surface area contributed by atoms with Crippen LogP contribution < -0.4 is 15.2 Å². The Morgan fingerprint density at radius 2 is 1.80 bits per heavy atom. The molecule has 1 unspecified atom stereocenters. The third-order valence-electron chi connectivity index (χ3n) is 1.74. The predicted octanol–water partition coefficient (Wildman–Crippen LogP) is 0.194. The topological polar surface area (TPSA) is 84.2 Å². The van der Waals surface area contributed by atoms with Crippen LogP contribution in [0.5, 0.6) is 0 Å². The van der Waals surface area contributed by atoms with E-state index < -0.39 is 10.2 Å². The molecule has 0 saturated heterocycles. The monoisotopic (exact) mass is 237 g/mol. The summed E-state index contributed by atoms with van der Waals surface area (Å²) >= 11 is 0. The molecule has 6 heteroatoms. The van der Waals surface area contributed by atoms with E-state index in [9.17, 15) is 8.42 Å². The van der Waals surface area contributed by atoms with Gasteiger partial charge >= 0.3 is 0 Å². The second-order valence-electron chi connectivity index (χ2n) is 4.87. The molecule has 1 atom stereocenters. The van der Waals surface area contributed by atoms with E-state index in [2.05, 4.69) is 30.2 Å². The summed E-state index contributed by atoms with van der Waals surface area (Å²) in [5.74, 6) is 0. The maximum Gasteiger partial charge on any atom is 0.276 e. The molecule has 0 amide bonds. The highest BCUT2D eigenvalue weighted by molar-refractivity contribution is 7.87. The lowest BCUT2D eigenvalue weighted by Gasteiger charge is -2.23. The third kappa shape index (κ3) is 8.80. The van der Waals surface area contributed by atoms with Gasteiger partial charge in [0.15, 0.2) is 0 Å². The maximum absolute atomic E-state index is 11.2. The zero-order chi connectivity index (χ0) is 12.1. The van der Waals surface area contributed by atoms with Crippen molar-refractivity contribution in [2.45, 2.75) is 40.2 Å². The zero-order valence-corrected chi connectivity index (χ0v) is 10.8. The first-order valence-electron chi connectivity index (χ1n) is 5.16. The van der Waals surface area contributed by atoms with Gasteiger partial charge < -0.3 is 5.73 Å². The number of hydrogen-bond acceptors (Lipinski definition) is 3. The fraction of sp³-hybridized carbons (Fsp3) is 1.00. The largest absolute Gasteiger partial charge is 0.326 e. The van der Waals surface area contributed by atoms with Crippen molar-refractivity contribution >= 4 is 10.2 Å². The lowest BCUT2D eigenvalue weighted by molar-refractivity contribution is 0.338. The molecule has 0 rings (SSSR count). The fourth-order valence-corrected chi connectivity index (χ4v) is 2.23. The maximum atomic E-state index is 11.2. The average Bonchev–Trinajstić information content (AvgIpc) is 1.98. The van der Waals surface area contributed by atoms with Crippen molar-refractivity contribution in [1.82, 2.24) is 9.44 Å². The van der Waals surface area contributed by atoms with Crippen molar-refractivity contribution in [2.24, 2.45) is 11.1 Å². The SMILES string of the molecule is CCNS(=O)(=O)NCC(N)CC(C)(C)C. The summed E-state index contributed by atoms with van der Waals surface area (Å²) in [4.78, 5) is 0. The summed E-state index contributed by atoms with van der Waals surface area (Å²) in [5.41, 5.74) is 5.92. The third-order valence-corrected chi connectivity index (χ3v) is 2.96. The average molecular weight is 237 g/mol. The normalized spacial score (nSPS) is 15.3. The van der Waals surface area contributed by atoms with Gasteiger partial charge in [0.05, 0.1) is 0 Å². The molecule has 0 aromatic carbocycles. The van der Waals surface area contributed by atoms with Gasteiger partial charge in [-0.15, -0.1) is 0 Å². The highest BCUT2D eigenvalue weighted by Crippen LogP contribution is 2.19. The van der Waals surface area contributed by atoms with E-state index in [4.69, 9.17) is 5.73 Å². The van der Waals surface area contributed by atoms with E-state index in [1.54, 1.807) is 6.92 Å². The molecule has 0 fully saturated rings. The standard InChI is InChI=1S/C9H23N3O2S/c1-5-11-15(13,14)12-7-8(10)6-9(2,3)4/h8,11-12H,5-7,10H2,1-4H3. The van der Waals surface area contributed by atoms with Crippen molar-refractivity contribution in [3.05, 3.63) is 0 Å². The van der Waals surface area contributed by atoms with Crippen LogP contribution in [0.15, 0.2) is 0 Å². The Morgan fingerprint density at radius 1 is 1.27 bits per heavy atom. The smallest absolute Gasteiger partial charge is 0.276 e. The van der Waals surface area contributed by atoms with E-state index in [-0.39, 0.29) is 18.0 Å². The molecule has 0 aliphatic heterocycles. The Hall–Kier alpha value is -0.170. The number of hydrogen-bond donors (Lipinski definition) is 3. The van der Waals surface area contributed by atoms with Crippen molar-refractivity contribution in [3.8, 4) is 0 Å². The van der Waals surface area contributed by atoms with Gasteiger partial charge in [-0.25, -0.2) is 9.44 Å². The van der Waals surface area contributed by atoms with Crippen LogP contribution in [0.2, 0.25) is 0 Å². The molecule has 5 nitrogen and oxygen atoms in total. The molecule has 0 aliphatic rings. The minimum atomic E-state index is -3.36. The molecule has 0 aromatic heterocycles. The Labute approximate surface area is 93.0 Å². The van der Waals surface area contributed by atoms with Crippen LogP contribution in [0.4, 0.5) is 0 Å². The Morgan fingerprint density at radius 3 is 2.20 bits per heavy atom. The van der Waals surface area contributed by atoms with E-state index >= 15 is 0 Å². The van der Waals surface area contributed by atoms with E-state index in [1.807, 2.05) is 0 Å². The second kappa shape index (κ2) is 5.79. The van der Waals surface area contributed by atoms with Crippen LogP contribution >= 0.6 is 0 Å². The van der Waals surface area contributed by atoms with E-state index in [1.165, 1.54) is 0 Å². The Kier molecular flexibility index (Phi) is 5.72. The summed E-state index contributed by atoms with van der Waals surface area (Å²) < 4.78 is 27.2. The Bertz CT molecular complexity index is 270. The minimum absolute atomic E-state index is 0.114. The summed E-state index contributed by atoms with van der Waals surface area (Å²) in [6.45, 7) is 8.60. The molecular formula is C9H23N3O2S. The highest BCUT2D eigenvalue weighted by atomic mass is 32.2. The minimum Gasteiger partial charge on any atom is -0.326 e. The van der Waals surface area contributed by atoms with E-state index in [0.29, 0.717) is 6.54 Å². The van der Waals surface area contributed by atoms with Gasteiger partial charge in [-0.05, 0) is 11.8 Å². The van der Waals surface area contributed by atoms with Crippen LogP contribution in [0.3, 0.4) is 0 Å². The van der Waals surface area contributed by atoms with Crippen LogP contribution in [0.1, 0.15) is 34.1 Å².